The second-order valence-electron chi connectivity index (χ2n) is 10.5. The second-order valence-corrected chi connectivity index (χ2v) is 11.0. The van der Waals surface area contributed by atoms with Gasteiger partial charge >= 0.3 is 107 Å². The quantitative estimate of drug-likeness (QED) is 0.175. The molecule has 0 fully saturated rings. The summed E-state index contributed by atoms with van der Waals surface area (Å²) < 4.78 is 0. The molecule has 3 aromatic rings. The number of nitrogens with zero attached hydrogens (tertiary/aromatic N) is 3. The molecular weight excluding hydrogens is 565 g/mol. The van der Waals surface area contributed by atoms with Gasteiger partial charge in [0.2, 0.25) is 0 Å². The van der Waals surface area contributed by atoms with E-state index >= 15 is 0 Å². The molecule has 0 bridgehead atoms. The number of aromatic nitrogens is 1. The number of pyridine rings is 1. The Morgan fingerprint density at radius 3 is 1.38 bits per heavy atom. The number of halogens is 2. The van der Waals surface area contributed by atoms with Crippen molar-refractivity contribution in [3.05, 3.63) is 88.7 Å². The maximum Gasteiger partial charge on any atom is -0.147 e. The molecule has 3 rings (SSSR count). The summed E-state index contributed by atoms with van der Waals surface area (Å²) in [7, 11) is 0. The van der Waals surface area contributed by atoms with Crippen LogP contribution in [0.15, 0.2) is 70.9 Å². The van der Waals surface area contributed by atoms with Crippen molar-refractivity contribution >= 4 is 48.6 Å². The summed E-state index contributed by atoms with van der Waals surface area (Å²) in [5.41, 5.74) is 8.79. The van der Waals surface area contributed by atoms with E-state index < -0.39 is 0 Å². The van der Waals surface area contributed by atoms with Crippen LogP contribution in [0, 0.1) is 0 Å². The summed E-state index contributed by atoms with van der Waals surface area (Å²) in [6.45, 7) is 17.7. The van der Waals surface area contributed by atoms with Crippen LogP contribution in [0.3, 0.4) is 0 Å². The Hall–Kier alpha value is -1.97. The van der Waals surface area contributed by atoms with Gasteiger partial charge in [0.15, 0.2) is 0 Å². The zero-order chi connectivity index (χ0) is 27.4. The van der Waals surface area contributed by atoms with Crippen molar-refractivity contribution in [1.29, 1.82) is 0 Å². The first-order valence-corrected chi connectivity index (χ1v) is 14.2. The van der Waals surface area contributed by atoms with E-state index in [-0.39, 0.29) is 24.8 Å². The van der Waals surface area contributed by atoms with Gasteiger partial charge in [-0.15, -0.1) is 24.8 Å². The fourth-order valence-electron chi connectivity index (χ4n) is 4.21. The molecule has 0 aliphatic heterocycles. The van der Waals surface area contributed by atoms with Crippen LogP contribution in [0.25, 0.3) is 0 Å². The molecule has 0 aliphatic carbocycles. The average molecular weight is 612 g/mol. The van der Waals surface area contributed by atoms with Crippen LogP contribution in [-0.2, 0) is 22.4 Å². The van der Waals surface area contributed by atoms with Gasteiger partial charge in [0.05, 0.1) is 5.69 Å². The third kappa shape index (κ3) is 11.6. The predicted octanol–water partition coefficient (Wildman–Crippen LogP) is 10.7. The molecule has 0 radical (unpaired) electrons. The molecule has 0 N–H and O–H groups in total. The SMILES string of the molecule is CC(C)c1cccc(C(C)C)c1N=CCc1cccnc1.CC(C)c1cccc(C(C)C)c1N=C[CH2][Fe].Cl.Cl. The third-order valence-electron chi connectivity index (χ3n) is 6.24. The van der Waals surface area contributed by atoms with Crippen LogP contribution in [0.4, 0.5) is 11.4 Å². The van der Waals surface area contributed by atoms with Gasteiger partial charge in [0, 0.05) is 25.0 Å². The van der Waals surface area contributed by atoms with E-state index in [1.165, 1.54) is 27.8 Å². The molecule has 3 nitrogen and oxygen atoms in total. The van der Waals surface area contributed by atoms with Gasteiger partial charge in [0.1, 0.15) is 0 Å². The van der Waals surface area contributed by atoms with E-state index in [1.54, 1.807) is 6.20 Å². The molecule has 0 saturated carbocycles. The van der Waals surface area contributed by atoms with Crippen LogP contribution < -0.4 is 0 Å². The van der Waals surface area contributed by atoms with Crippen LogP contribution in [-0.4, -0.2) is 17.4 Å². The van der Waals surface area contributed by atoms with Gasteiger partial charge in [-0.1, -0.05) is 52.0 Å². The van der Waals surface area contributed by atoms with Gasteiger partial charge in [0.25, 0.3) is 0 Å². The van der Waals surface area contributed by atoms with Crippen molar-refractivity contribution in [2.45, 2.75) is 90.8 Å². The van der Waals surface area contributed by atoms with Crippen molar-refractivity contribution in [1.82, 2.24) is 4.98 Å². The summed E-state index contributed by atoms with van der Waals surface area (Å²) in [5, 5.41) is 0.740. The van der Waals surface area contributed by atoms with E-state index in [9.17, 15) is 0 Å². The molecular formula is C33H46Cl2FeN3. The first-order chi connectivity index (χ1) is 17.7. The molecule has 1 heterocycles. The fraction of sp³-hybridized carbons (Fsp3) is 0.424. The Bertz CT molecular complexity index is 1100. The van der Waals surface area contributed by atoms with Crippen LogP contribution in [0.1, 0.15) is 107 Å². The van der Waals surface area contributed by atoms with Crippen LogP contribution in [0.5, 0.6) is 0 Å². The molecule has 0 saturated heterocycles. The number of hydrogen-bond donors (Lipinski definition) is 0. The topological polar surface area (TPSA) is 37.6 Å². The van der Waals surface area contributed by atoms with Gasteiger partial charge < -0.3 is 0 Å². The second kappa shape index (κ2) is 19.2. The average Bonchev–Trinajstić information content (AvgIpc) is 2.87. The molecule has 0 spiro atoms. The maximum absolute atomic E-state index is 4.79. The molecule has 6 heteroatoms. The van der Waals surface area contributed by atoms with E-state index in [0.29, 0.717) is 23.7 Å². The Balaban J connectivity index is 0.000000729. The largest absolute Gasteiger partial charge is 0.147 e. The monoisotopic (exact) mass is 610 g/mol. The minimum atomic E-state index is 0. The molecule has 0 unspecified atom stereocenters. The Morgan fingerprint density at radius 1 is 0.641 bits per heavy atom. The molecule has 0 aliphatic rings. The minimum absolute atomic E-state index is 0. The van der Waals surface area contributed by atoms with Gasteiger partial charge in [-0.05, 0) is 34.6 Å². The summed E-state index contributed by atoms with van der Waals surface area (Å²) in [5.74, 6) is 1.98. The number of rotatable bonds is 9. The molecule has 0 atom stereocenters. The first-order valence-electron chi connectivity index (χ1n) is 13.4. The van der Waals surface area contributed by atoms with E-state index in [2.05, 4.69) is 124 Å². The third-order valence-corrected chi connectivity index (χ3v) is 6.44. The Kier molecular flexibility index (Phi) is 18.2. The zero-order valence-corrected chi connectivity index (χ0v) is 27.4. The van der Waals surface area contributed by atoms with Gasteiger partial charge in [-0.3, -0.25) is 9.98 Å². The van der Waals surface area contributed by atoms with Crippen molar-refractivity contribution in [2.24, 2.45) is 9.98 Å². The smallest absolute Gasteiger partial charge is 0.147 e. The van der Waals surface area contributed by atoms with Crippen LogP contribution >= 0.6 is 24.8 Å². The molecule has 2 aromatic carbocycles. The van der Waals surface area contributed by atoms with Gasteiger partial charge in [-0.25, -0.2) is 0 Å². The number of hydrogen-bond acceptors (Lipinski definition) is 3. The molecule has 1 aromatic heterocycles. The Morgan fingerprint density at radius 2 is 1.05 bits per heavy atom. The number of benzene rings is 2. The first kappa shape index (κ1) is 37.0. The summed E-state index contributed by atoms with van der Waals surface area (Å²) in [4.78, 5) is 13.5. The predicted molar refractivity (Wildman–Crippen MR) is 173 cm³/mol. The van der Waals surface area contributed by atoms with Crippen molar-refractivity contribution in [3.8, 4) is 0 Å². The fourth-order valence-corrected chi connectivity index (χ4v) is 4.31. The van der Waals surface area contributed by atoms with E-state index in [0.717, 1.165) is 23.1 Å². The van der Waals surface area contributed by atoms with Crippen molar-refractivity contribution in [3.63, 3.8) is 0 Å². The summed E-state index contributed by atoms with van der Waals surface area (Å²) in [6, 6.07) is 17.0. The Labute approximate surface area is 258 Å². The normalized spacial score (nSPS) is 11.2. The zero-order valence-electron chi connectivity index (χ0n) is 24.7. The number of aliphatic imine (C=N–C) groups is 2. The summed E-state index contributed by atoms with van der Waals surface area (Å²) in [6.07, 6.45) is 8.41. The van der Waals surface area contributed by atoms with Crippen LogP contribution in [0.2, 0.25) is 5.32 Å². The molecule has 215 valence electrons. The van der Waals surface area contributed by atoms with Crippen molar-refractivity contribution in [2.75, 3.05) is 0 Å². The minimum Gasteiger partial charge on any atom is -0.147 e. The number of para-hydroxylation sites is 2. The standard InChI is InChI=1S/C19H24N2.C14H20N.2ClH.Fe/c1-14(2)17-8-5-9-18(15(3)4)19(17)21-12-10-16-7-6-11-20-13-16;1-6-15-14-12(10(2)3)8-7-9-13(14)11(4)5;;;/h5-9,11-15H,10H2,1-4H3;6-11H,1H2,2-5H3;2*1H;. The van der Waals surface area contributed by atoms with Gasteiger partial charge in [-0.2, -0.15) is 0 Å². The summed E-state index contributed by atoms with van der Waals surface area (Å²) >= 11 is 3.80. The maximum atomic E-state index is 4.79. The molecule has 39 heavy (non-hydrogen) atoms. The van der Waals surface area contributed by atoms with E-state index in [4.69, 9.17) is 4.99 Å². The van der Waals surface area contributed by atoms with Crippen molar-refractivity contribution < 1.29 is 16.0 Å². The molecule has 0 amide bonds. The van der Waals surface area contributed by atoms with E-state index in [1.807, 2.05) is 24.7 Å².